The summed E-state index contributed by atoms with van der Waals surface area (Å²) in [5, 5.41) is 3.08. The average molecular weight is 293 g/mol. The Morgan fingerprint density at radius 2 is 2.25 bits per heavy atom. The summed E-state index contributed by atoms with van der Waals surface area (Å²) in [6.45, 7) is 1.98. The lowest BCUT2D eigenvalue weighted by Crippen LogP contribution is -2.13. The average Bonchev–Trinajstić information content (AvgIpc) is 2.73. The molecule has 0 radical (unpaired) electrons. The quantitative estimate of drug-likeness (QED) is 0.926. The fourth-order valence-corrected chi connectivity index (χ4v) is 3.67. The fraction of sp³-hybridized carbons (Fsp3) is 0.300. The summed E-state index contributed by atoms with van der Waals surface area (Å²) in [7, 11) is 0. The van der Waals surface area contributed by atoms with E-state index in [1.807, 2.05) is 18.4 Å². The predicted octanol–water partition coefficient (Wildman–Crippen LogP) is 4.06. The number of nitrogens with zero attached hydrogens (tertiary/aromatic N) is 1. The molecule has 6 heteroatoms. The molecule has 1 atom stereocenters. The Kier molecular flexibility index (Phi) is 3.87. The number of thiophene rings is 1. The largest absolute Gasteiger partial charge is 0.324 e. The predicted molar refractivity (Wildman–Crippen MR) is 71.8 cm³/mol. The second-order valence-electron chi connectivity index (χ2n) is 3.45. The van der Waals surface area contributed by atoms with Crippen LogP contribution in [0.4, 0.5) is 0 Å². The maximum absolute atomic E-state index is 6.08. The second-order valence-corrected chi connectivity index (χ2v) is 6.80. The molecule has 0 aliphatic carbocycles. The van der Waals surface area contributed by atoms with E-state index >= 15 is 0 Å². The molecule has 0 saturated carbocycles. The smallest absolute Gasteiger partial charge is 0.0992 e. The Labute approximate surface area is 112 Å². The first-order chi connectivity index (χ1) is 7.56. The lowest BCUT2D eigenvalue weighted by atomic mass is 10.1. The highest BCUT2D eigenvalue weighted by Gasteiger charge is 2.15. The molecule has 2 aromatic heterocycles. The van der Waals surface area contributed by atoms with Crippen LogP contribution in [0, 0.1) is 6.92 Å². The zero-order valence-corrected chi connectivity index (χ0v) is 11.7. The molecule has 2 aromatic rings. The Balaban J connectivity index is 2.14. The molecule has 0 aliphatic heterocycles. The first-order valence-electron chi connectivity index (χ1n) is 4.67. The number of hydrogen-bond acceptors (Lipinski definition) is 4. The number of halogens is 2. The second kappa shape index (κ2) is 5.02. The van der Waals surface area contributed by atoms with Gasteiger partial charge in [-0.1, -0.05) is 23.2 Å². The van der Waals surface area contributed by atoms with Gasteiger partial charge in [0.2, 0.25) is 0 Å². The molecule has 1 unspecified atom stereocenters. The van der Waals surface area contributed by atoms with Gasteiger partial charge < -0.3 is 5.73 Å². The van der Waals surface area contributed by atoms with Gasteiger partial charge >= 0.3 is 0 Å². The van der Waals surface area contributed by atoms with Crippen molar-refractivity contribution in [1.29, 1.82) is 0 Å². The zero-order chi connectivity index (χ0) is 11.7. The summed E-state index contributed by atoms with van der Waals surface area (Å²) in [5.41, 5.74) is 7.99. The van der Waals surface area contributed by atoms with E-state index in [0.29, 0.717) is 15.1 Å². The topological polar surface area (TPSA) is 38.9 Å². The Hall–Kier alpha value is -0.130. The van der Waals surface area contributed by atoms with Crippen molar-refractivity contribution in [2.24, 2.45) is 5.73 Å². The van der Waals surface area contributed by atoms with Crippen LogP contribution in [0.2, 0.25) is 8.67 Å². The molecule has 2 rings (SSSR count). The Morgan fingerprint density at radius 3 is 2.75 bits per heavy atom. The highest BCUT2D eigenvalue weighted by atomic mass is 35.5. The van der Waals surface area contributed by atoms with Gasteiger partial charge in [0.25, 0.3) is 0 Å². The highest BCUT2D eigenvalue weighted by molar-refractivity contribution is 7.20. The number of aromatic nitrogens is 1. The van der Waals surface area contributed by atoms with Crippen molar-refractivity contribution >= 4 is 45.9 Å². The van der Waals surface area contributed by atoms with Crippen LogP contribution in [-0.2, 0) is 6.42 Å². The molecule has 0 spiro atoms. The molecule has 0 fully saturated rings. The van der Waals surface area contributed by atoms with Gasteiger partial charge in [-0.05, 0) is 13.0 Å². The SMILES string of the molecule is Cc1nc(CC(N)c2cc(Cl)sc2Cl)cs1. The van der Waals surface area contributed by atoms with Gasteiger partial charge in [-0.15, -0.1) is 22.7 Å². The molecule has 2 N–H and O–H groups in total. The summed E-state index contributed by atoms with van der Waals surface area (Å²) in [6, 6.07) is 1.69. The minimum absolute atomic E-state index is 0.141. The summed E-state index contributed by atoms with van der Waals surface area (Å²) in [5.74, 6) is 0. The van der Waals surface area contributed by atoms with Crippen molar-refractivity contribution < 1.29 is 0 Å². The number of nitrogens with two attached hydrogens (primary N) is 1. The molecular weight excluding hydrogens is 283 g/mol. The summed E-state index contributed by atoms with van der Waals surface area (Å²) in [4.78, 5) is 4.38. The molecular formula is C10H10Cl2N2S2. The minimum Gasteiger partial charge on any atom is -0.324 e. The van der Waals surface area contributed by atoms with Crippen molar-refractivity contribution in [3.05, 3.63) is 36.4 Å². The minimum atomic E-state index is -0.141. The van der Waals surface area contributed by atoms with Crippen molar-refractivity contribution in [2.75, 3.05) is 0 Å². The van der Waals surface area contributed by atoms with E-state index in [1.165, 1.54) is 11.3 Å². The van der Waals surface area contributed by atoms with Crippen LogP contribution in [0.5, 0.6) is 0 Å². The molecule has 2 heterocycles. The molecule has 0 amide bonds. The van der Waals surface area contributed by atoms with Crippen molar-refractivity contribution in [3.8, 4) is 0 Å². The summed E-state index contributed by atoms with van der Waals surface area (Å²) >= 11 is 14.9. The first-order valence-corrected chi connectivity index (χ1v) is 7.13. The maximum atomic E-state index is 6.08. The zero-order valence-electron chi connectivity index (χ0n) is 8.54. The number of thiazole rings is 1. The molecule has 2 nitrogen and oxygen atoms in total. The summed E-state index contributed by atoms with van der Waals surface area (Å²) in [6.07, 6.45) is 0.692. The van der Waals surface area contributed by atoms with E-state index in [4.69, 9.17) is 28.9 Å². The third-order valence-electron chi connectivity index (χ3n) is 2.18. The van der Waals surface area contributed by atoms with Crippen molar-refractivity contribution in [1.82, 2.24) is 4.98 Å². The lowest BCUT2D eigenvalue weighted by Gasteiger charge is -2.08. The van der Waals surface area contributed by atoms with Crippen LogP contribution in [-0.4, -0.2) is 4.98 Å². The third kappa shape index (κ3) is 2.76. The van der Waals surface area contributed by atoms with Crippen molar-refractivity contribution in [3.63, 3.8) is 0 Å². The maximum Gasteiger partial charge on any atom is 0.0992 e. The Bertz CT molecular complexity index is 493. The third-order valence-corrected chi connectivity index (χ3v) is 4.52. The highest BCUT2D eigenvalue weighted by Crippen LogP contribution is 2.35. The Morgan fingerprint density at radius 1 is 1.50 bits per heavy atom. The molecule has 0 aromatic carbocycles. The number of hydrogen-bond donors (Lipinski definition) is 1. The standard InChI is InChI=1S/C10H10Cl2N2S2/c1-5-14-6(4-15-5)2-8(13)7-3-9(11)16-10(7)12/h3-4,8H,2,13H2,1H3. The molecule has 86 valence electrons. The van der Waals surface area contributed by atoms with Crippen LogP contribution in [0.3, 0.4) is 0 Å². The van der Waals surface area contributed by atoms with Crippen molar-refractivity contribution in [2.45, 2.75) is 19.4 Å². The molecule has 0 saturated heterocycles. The normalized spacial score (nSPS) is 13.0. The fourth-order valence-electron chi connectivity index (χ4n) is 1.44. The molecule has 16 heavy (non-hydrogen) atoms. The van der Waals surface area contributed by atoms with E-state index in [9.17, 15) is 0 Å². The molecule has 0 aliphatic rings. The van der Waals surface area contributed by atoms with Gasteiger partial charge in [0.15, 0.2) is 0 Å². The van der Waals surface area contributed by atoms with E-state index in [2.05, 4.69) is 4.98 Å². The van der Waals surface area contributed by atoms with E-state index in [-0.39, 0.29) is 6.04 Å². The van der Waals surface area contributed by atoms with Crippen LogP contribution >= 0.6 is 45.9 Å². The van der Waals surface area contributed by atoms with Crippen LogP contribution in [0.25, 0.3) is 0 Å². The monoisotopic (exact) mass is 292 g/mol. The van der Waals surface area contributed by atoms with E-state index < -0.39 is 0 Å². The number of aryl methyl sites for hydroxylation is 1. The first kappa shape index (κ1) is 12.3. The van der Waals surface area contributed by atoms with Gasteiger partial charge in [-0.3, -0.25) is 0 Å². The van der Waals surface area contributed by atoms with Gasteiger partial charge in [0.05, 0.1) is 19.4 Å². The van der Waals surface area contributed by atoms with E-state index in [1.54, 1.807) is 11.3 Å². The van der Waals surface area contributed by atoms with Gasteiger partial charge in [0, 0.05) is 23.4 Å². The lowest BCUT2D eigenvalue weighted by molar-refractivity contribution is 0.712. The van der Waals surface area contributed by atoms with Crippen LogP contribution in [0.15, 0.2) is 11.4 Å². The van der Waals surface area contributed by atoms with Gasteiger partial charge in [0.1, 0.15) is 0 Å². The number of rotatable bonds is 3. The van der Waals surface area contributed by atoms with Crippen LogP contribution < -0.4 is 5.73 Å². The van der Waals surface area contributed by atoms with E-state index in [0.717, 1.165) is 16.3 Å². The van der Waals surface area contributed by atoms with Crippen LogP contribution in [0.1, 0.15) is 22.3 Å². The molecule has 0 bridgehead atoms. The van der Waals surface area contributed by atoms with Gasteiger partial charge in [-0.25, -0.2) is 4.98 Å². The summed E-state index contributed by atoms with van der Waals surface area (Å²) < 4.78 is 1.34. The van der Waals surface area contributed by atoms with Gasteiger partial charge in [-0.2, -0.15) is 0 Å².